The van der Waals surface area contributed by atoms with Gasteiger partial charge in [-0.25, -0.2) is 8.42 Å². The third-order valence-corrected chi connectivity index (χ3v) is 7.60. The van der Waals surface area contributed by atoms with Gasteiger partial charge in [0.1, 0.15) is 6.04 Å². The molecular weight excluding hydrogens is 474 g/mol. The number of aryl methyl sites for hydroxylation is 2. The number of amides is 2. The number of carbonyl (C=O) groups is 2. The molecule has 1 N–H and O–H groups in total. The zero-order valence-electron chi connectivity index (χ0n) is 22.7. The Hall–Kier alpha value is -2.87. The minimum absolute atomic E-state index is 0.0390. The summed E-state index contributed by atoms with van der Waals surface area (Å²) in [7, 11) is -3.53. The van der Waals surface area contributed by atoms with Crippen molar-refractivity contribution in [1.82, 2.24) is 10.2 Å². The lowest BCUT2D eigenvalue weighted by molar-refractivity contribution is -0.141. The number of nitrogens with zero attached hydrogens (tertiary/aromatic N) is 2. The predicted octanol–water partition coefficient (Wildman–Crippen LogP) is 4.49. The van der Waals surface area contributed by atoms with Gasteiger partial charge in [0.05, 0.1) is 11.9 Å². The van der Waals surface area contributed by atoms with E-state index in [4.69, 9.17) is 0 Å². The summed E-state index contributed by atoms with van der Waals surface area (Å²) in [6.45, 7) is 12.0. The zero-order chi connectivity index (χ0) is 27.0. The van der Waals surface area contributed by atoms with Gasteiger partial charge >= 0.3 is 0 Å². The predicted molar refractivity (Wildman–Crippen MR) is 146 cm³/mol. The van der Waals surface area contributed by atoms with Gasteiger partial charge in [-0.15, -0.1) is 0 Å². The van der Waals surface area contributed by atoms with Crippen LogP contribution >= 0.6 is 0 Å². The monoisotopic (exact) mass is 515 g/mol. The summed E-state index contributed by atoms with van der Waals surface area (Å²) in [6, 6.07) is 12.8. The number of carbonyl (C=O) groups excluding carboxylic acids is 2. The first-order chi connectivity index (χ1) is 16.9. The van der Waals surface area contributed by atoms with Crippen molar-refractivity contribution in [3.63, 3.8) is 0 Å². The van der Waals surface area contributed by atoms with Crippen LogP contribution in [-0.4, -0.2) is 50.0 Å². The fourth-order valence-corrected chi connectivity index (χ4v) is 5.28. The van der Waals surface area contributed by atoms with E-state index in [1.165, 1.54) is 10.6 Å². The van der Waals surface area contributed by atoms with Crippen molar-refractivity contribution in [2.75, 3.05) is 17.1 Å². The molecule has 8 heteroatoms. The largest absolute Gasteiger partial charge is 0.352 e. The first-order valence-electron chi connectivity index (χ1n) is 12.5. The molecule has 2 rings (SSSR count). The molecule has 0 aliphatic rings. The second-order valence-corrected chi connectivity index (χ2v) is 11.6. The molecule has 0 saturated heterocycles. The van der Waals surface area contributed by atoms with E-state index in [0.717, 1.165) is 22.3 Å². The van der Waals surface area contributed by atoms with Gasteiger partial charge in [0.15, 0.2) is 0 Å². The third kappa shape index (κ3) is 7.82. The molecule has 0 aliphatic carbocycles. The number of hydrogen-bond donors (Lipinski definition) is 1. The summed E-state index contributed by atoms with van der Waals surface area (Å²) in [5.74, 6) is -0.346. The molecule has 0 heterocycles. The van der Waals surface area contributed by atoms with Crippen LogP contribution in [0.25, 0.3) is 0 Å². The molecule has 0 aliphatic heterocycles. The number of rotatable bonds is 12. The van der Waals surface area contributed by atoms with Crippen LogP contribution in [0.5, 0.6) is 0 Å². The zero-order valence-corrected chi connectivity index (χ0v) is 23.5. The molecule has 0 spiro atoms. The number of hydrogen-bond acceptors (Lipinski definition) is 4. The first kappa shape index (κ1) is 29.4. The van der Waals surface area contributed by atoms with Gasteiger partial charge in [-0.2, -0.15) is 0 Å². The van der Waals surface area contributed by atoms with E-state index < -0.39 is 16.1 Å². The Morgan fingerprint density at radius 2 is 1.61 bits per heavy atom. The highest BCUT2D eigenvalue weighted by Crippen LogP contribution is 2.25. The van der Waals surface area contributed by atoms with Gasteiger partial charge in [0.2, 0.25) is 21.8 Å². The maximum Gasteiger partial charge on any atom is 0.243 e. The molecule has 0 fully saturated rings. The molecular formula is C28H41N3O4S. The minimum Gasteiger partial charge on any atom is -0.352 e. The Bertz CT molecular complexity index is 1160. The average Bonchev–Trinajstić information content (AvgIpc) is 2.78. The average molecular weight is 516 g/mol. The molecule has 0 saturated carbocycles. The summed E-state index contributed by atoms with van der Waals surface area (Å²) >= 11 is 0. The molecule has 198 valence electrons. The summed E-state index contributed by atoms with van der Waals surface area (Å²) in [4.78, 5) is 28.1. The van der Waals surface area contributed by atoms with Crippen LogP contribution in [0.2, 0.25) is 0 Å². The highest BCUT2D eigenvalue weighted by molar-refractivity contribution is 7.92. The second kappa shape index (κ2) is 12.9. The molecule has 0 unspecified atom stereocenters. The number of sulfonamides is 1. The standard InChI is InChI=1S/C28H41N3O4S/c1-8-25(28(33)29-20(2)3)30(19-24-15-10-9-13-22(24)5)27(32)17-12-18-31(36(7,34)35)26-16-11-14-21(4)23(26)6/h9-11,13-16,20,25H,8,12,17-19H2,1-7H3,(H,29,33)/t25-/m0/s1. The fraction of sp³-hybridized carbons (Fsp3) is 0.500. The van der Waals surface area contributed by atoms with E-state index in [9.17, 15) is 18.0 Å². The van der Waals surface area contributed by atoms with Crippen molar-refractivity contribution in [1.29, 1.82) is 0 Å². The van der Waals surface area contributed by atoms with Crippen LogP contribution in [-0.2, 0) is 26.2 Å². The SMILES string of the molecule is CC[C@@H](C(=O)NC(C)C)N(Cc1ccccc1C)C(=O)CCCN(c1cccc(C)c1C)S(C)(=O)=O. The molecule has 2 aromatic carbocycles. The molecule has 2 amide bonds. The Labute approximate surface area is 216 Å². The van der Waals surface area contributed by atoms with Gasteiger partial charge in [-0.3, -0.25) is 13.9 Å². The summed E-state index contributed by atoms with van der Waals surface area (Å²) in [6.07, 6.45) is 2.14. The van der Waals surface area contributed by atoms with Crippen LogP contribution in [0.4, 0.5) is 5.69 Å². The van der Waals surface area contributed by atoms with Crippen molar-refractivity contribution < 1.29 is 18.0 Å². The van der Waals surface area contributed by atoms with E-state index in [0.29, 0.717) is 25.1 Å². The lowest BCUT2D eigenvalue weighted by Gasteiger charge is -2.32. The molecule has 1 atom stereocenters. The molecule has 0 radical (unpaired) electrons. The van der Waals surface area contributed by atoms with E-state index >= 15 is 0 Å². The Kier molecular flexibility index (Phi) is 10.5. The van der Waals surface area contributed by atoms with E-state index in [1.807, 2.05) is 77.9 Å². The molecule has 0 bridgehead atoms. The Morgan fingerprint density at radius 1 is 0.972 bits per heavy atom. The van der Waals surface area contributed by atoms with Gasteiger partial charge in [-0.1, -0.05) is 43.3 Å². The lowest BCUT2D eigenvalue weighted by atomic mass is 10.0. The normalized spacial score (nSPS) is 12.3. The van der Waals surface area contributed by atoms with E-state index in [-0.39, 0.29) is 30.8 Å². The van der Waals surface area contributed by atoms with Crippen LogP contribution in [0.15, 0.2) is 42.5 Å². The van der Waals surface area contributed by atoms with Crippen LogP contribution in [0.3, 0.4) is 0 Å². The Morgan fingerprint density at radius 3 is 2.19 bits per heavy atom. The van der Waals surface area contributed by atoms with Gasteiger partial charge in [0.25, 0.3) is 0 Å². The Balaban J connectivity index is 2.26. The summed E-state index contributed by atoms with van der Waals surface area (Å²) in [5, 5.41) is 2.94. The number of nitrogens with one attached hydrogen (secondary N) is 1. The number of benzene rings is 2. The maximum absolute atomic E-state index is 13.5. The highest BCUT2D eigenvalue weighted by atomic mass is 32.2. The minimum atomic E-state index is -3.53. The van der Waals surface area contributed by atoms with Crippen molar-refractivity contribution in [2.45, 2.75) is 79.4 Å². The van der Waals surface area contributed by atoms with Gasteiger partial charge < -0.3 is 10.2 Å². The first-order valence-corrected chi connectivity index (χ1v) is 14.4. The topological polar surface area (TPSA) is 86.8 Å². The molecule has 7 nitrogen and oxygen atoms in total. The lowest BCUT2D eigenvalue weighted by Crippen LogP contribution is -2.50. The fourth-order valence-electron chi connectivity index (χ4n) is 4.26. The second-order valence-electron chi connectivity index (χ2n) is 9.69. The van der Waals surface area contributed by atoms with Crippen molar-refractivity contribution >= 4 is 27.5 Å². The van der Waals surface area contributed by atoms with Crippen LogP contribution < -0.4 is 9.62 Å². The highest BCUT2D eigenvalue weighted by Gasteiger charge is 2.29. The van der Waals surface area contributed by atoms with Crippen molar-refractivity contribution in [2.24, 2.45) is 0 Å². The van der Waals surface area contributed by atoms with E-state index in [2.05, 4.69) is 5.32 Å². The molecule has 0 aromatic heterocycles. The van der Waals surface area contributed by atoms with Gasteiger partial charge in [0, 0.05) is 25.6 Å². The molecule has 2 aromatic rings. The van der Waals surface area contributed by atoms with Crippen LogP contribution in [0.1, 0.15) is 62.3 Å². The smallest absolute Gasteiger partial charge is 0.243 e. The van der Waals surface area contributed by atoms with E-state index in [1.54, 1.807) is 11.0 Å². The van der Waals surface area contributed by atoms with Crippen molar-refractivity contribution in [3.8, 4) is 0 Å². The number of anilines is 1. The van der Waals surface area contributed by atoms with Gasteiger partial charge in [-0.05, 0) is 75.8 Å². The maximum atomic E-state index is 13.5. The van der Waals surface area contributed by atoms with Crippen molar-refractivity contribution in [3.05, 3.63) is 64.7 Å². The molecule has 36 heavy (non-hydrogen) atoms. The summed E-state index contributed by atoms with van der Waals surface area (Å²) < 4.78 is 26.6. The summed E-state index contributed by atoms with van der Waals surface area (Å²) in [5.41, 5.74) is 4.56. The third-order valence-electron chi connectivity index (χ3n) is 6.42. The van der Waals surface area contributed by atoms with Crippen LogP contribution in [0, 0.1) is 20.8 Å². The quantitative estimate of drug-likeness (QED) is 0.451.